The van der Waals surface area contributed by atoms with Crippen molar-refractivity contribution in [1.29, 1.82) is 0 Å². The van der Waals surface area contributed by atoms with E-state index in [-0.39, 0.29) is 0 Å². The van der Waals surface area contributed by atoms with Crippen LogP contribution in [0.3, 0.4) is 0 Å². The van der Waals surface area contributed by atoms with Crippen LogP contribution in [0.2, 0.25) is 0 Å². The van der Waals surface area contributed by atoms with Crippen LogP contribution in [0.15, 0.2) is 11.6 Å². The molecule has 1 heteroatoms. The third-order valence-corrected chi connectivity index (χ3v) is 3.70. The molecule has 0 aliphatic heterocycles. The first-order chi connectivity index (χ1) is 5.72. The minimum absolute atomic E-state index is 0.402. The maximum Gasteiger partial charge on any atom is 0.00445 e. The quantitative estimate of drug-likeness (QED) is 0.624. The second-order valence-corrected chi connectivity index (χ2v) is 4.48. The van der Waals surface area contributed by atoms with Crippen LogP contribution in [-0.4, -0.2) is 6.04 Å². The van der Waals surface area contributed by atoms with Crippen molar-refractivity contribution in [1.82, 2.24) is 0 Å². The SMILES string of the molecule is CCC1=CC2C(C1)CC2[C@@H](C)N. The first-order valence-electron chi connectivity index (χ1n) is 5.17. The van der Waals surface area contributed by atoms with Crippen LogP contribution in [0, 0.1) is 17.8 Å². The summed E-state index contributed by atoms with van der Waals surface area (Å²) in [5.74, 6) is 2.61. The van der Waals surface area contributed by atoms with Gasteiger partial charge in [0.25, 0.3) is 0 Å². The second kappa shape index (κ2) is 2.88. The molecule has 0 heterocycles. The van der Waals surface area contributed by atoms with E-state index in [1.165, 1.54) is 19.3 Å². The van der Waals surface area contributed by atoms with Crippen LogP contribution >= 0.6 is 0 Å². The van der Waals surface area contributed by atoms with Crippen LogP contribution < -0.4 is 5.73 Å². The van der Waals surface area contributed by atoms with Crippen molar-refractivity contribution >= 4 is 0 Å². The third-order valence-electron chi connectivity index (χ3n) is 3.70. The number of hydrogen-bond acceptors (Lipinski definition) is 1. The Kier molecular flexibility index (Phi) is 1.99. The van der Waals surface area contributed by atoms with Crippen LogP contribution in [0.5, 0.6) is 0 Å². The second-order valence-electron chi connectivity index (χ2n) is 4.48. The monoisotopic (exact) mass is 165 g/mol. The predicted molar refractivity (Wildman–Crippen MR) is 51.7 cm³/mol. The topological polar surface area (TPSA) is 26.0 Å². The highest BCUT2D eigenvalue weighted by Gasteiger charge is 2.44. The van der Waals surface area contributed by atoms with Crippen molar-refractivity contribution in [3.05, 3.63) is 11.6 Å². The smallest absolute Gasteiger partial charge is 0.00445 e. The molecule has 2 rings (SSSR count). The van der Waals surface area contributed by atoms with Gasteiger partial charge in [0, 0.05) is 6.04 Å². The summed E-state index contributed by atoms with van der Waals surface area (Å²) in [6.45, 7) is 4.41. The van der Waals surface area contributed by atoms with Gasteiger partial charge < -0.3 is 5.73 Å². The summed E-state index contributed by atoms with van der Waals surface area (Å²) in [5, 5.41) is 0. The molecule has 68 valence electrons. The van der Waals surface area contributed by atoms with Crippen LogP contribution in [0.4, 0.5) is 0 Å². The molecule has 2 N–H and O–H groups in total. The molecular weight excluding hydrogens is 146 g/mol. The van der Waals surface area contributed by atoms with Crippen LogP contribution in [0.25, 0.3) is 0 Å². The van der Waals surface area contributed by atoms with Gasteiger partial charge in [-0.05, 0) is 43.9 Å². The zero-order valence-corrected chi connectivity index (χ0v) is 8.09. The molecule has 1 nitrogen and oxygen atoms in total. The van der Waals surface area contributed by atoms with Gasteiger partial charge in [-0.15, -0.1) is 0 Å². The highest BCUT2D eigenvalue weighted by atomic mass is 14.7. The van der Waals surface area contributed by atoms with Gasteiger partial charge in [-0.3, -0.25) is 0 Å². The molecule has 0 spiro atoms. The molecule has 0 radical (unpaired) electrons. The first-order valence-corrected chi connectivity index (χ1v) is 5.17. The fourth-order valence-corrected chi connectivity index (χ4v) is 2.80. The minimum atomic E-state index is 0.402. The molecule has 1 saturated carbocycles. The van der Waals surface area contributed by atoms with Crippen LogP contribution in [0.1, 0.15) is 33.1 Å². The molecule has 0 aromatic rings. The van der Waals surface area contributed by atoms with Gasteiger partial charge in [-0.1, -0.05) is 18.6 Å². The fraction of sp³-hybridized carbons (Fsp3) is 0.818. The van der Waals surface area contributed by atoms with E-state index in [0.29, 0.717) is 6.04 Å². The van der Waals surface area contributed by atoms with E-state index in [1.807, 2.05) is 0 Å². The van der Waals surface area contributed by atoms with E-state index in [9.17, 15) is 0 Å². The van der Waals surface area contributed by atoms with Gasteiger partial charge in [0.1, 0.15) is 0 Å². The Hall–Kier alpha value is -0.300. The van der Waals surface area contributed by atoms with Crippen molar-refractivity contribution in [3.63, 3.8) is 0 Å². The van der Waals surface area contributed by atoms with Gasteiger partial charge in [0.05, 0.1) is 0 Å². The molecule has 1 fully saturated rings. The molecule has 0 bridgehead atoms. The van der Waals surface area contributed by atoms with E-state index in [0.717, 1.165) is 17.8 Å². The Morgan fingerprint density at radius 1 is 1.67 bits per heavy atom. The Morgan fingerprint density at radius 3 is 3.00 bits per heavy atom. The largest absolute Gasteiger partial charge is 0.328 e. The lowest BCUT2D eigenvalue weighted by Crippen LogP contribution is -2.43. The van der Waals surface area contributed by atoms with Gasteiger partial charge in [0.15, 0.2) is 0 Å². The summed E-state index contributed by atoms with van der Waals surface area (Å²) >= 11 is 0. The van der Waals surface area contributed by atoms with E-state index >= 15 is 0 Å². The average Bonchev–Trinajstić information content (AvgIpc) is 2.29. The molecule has 2 aliphatic carbocycles. The maximum atomic E-state index is 5.91. The lowest BCUT2D eigenvalue weighted by molar-refractivity contribution is 0.108. The fourth-order valence-electron chi connectivity index (χ4n) is 2.80. The highest BCUT2D eigenvalue weighted by Crippen LogP contribution is 2.51. The molecular formula is C11H19N. The maximum absolute atomic E-state index is 5.91. The standard InChI is InChI=1S/C11H19N/c1-3-8-4-9-6-10(7(2)12)11(9)5-8/h5,7,9-11H,3-4,6,12H2,1-2H3/t7-,9?,10?,11?/m1/s1. The zero-order chi connectivity index (χ0) is 8.72. The Bertz CT molecular complexity index is 205. The van der Waals surface area contributed by atoms with Crippen molar-refractivity contribution in [2.24, 2.45) is 23.5 Å². The lowest BCUT2D eigenvalue weighted by Gasteiger charge is -2.42. The summed E-state index contributed by atoms with van der Waals surface area (Å²) < 4.78 is 0. The minimum Gasteiger partial charge on any atom is -0.328 e. The summed E-state index contributed by atoms with van der Waals surface area (Å²) in [7, 11) is 0. The summed E-state index contributed by atoms with van der Waals surface area (Å²) in [6.07, 6.45) is 6.49. The average molecular weight is 165 g/mol. The lowest BCUT2D eigenvalue weighted by atomic mass is 9.64. The zero-order valence-electron chi connectivity index (χ0n) is 8.09. The van der Waals surface area contributed by atoms with E-state index in [4.69, 9.17) is 5.73 Å². The number of hydrogen-bond donors (Lipinski definition) is 1. The molecule has 3 unspecified atom stereocenters. The van der Waals surface area contributed by atoms with Gasteiger partial charge >= 0.3 is 0 Å². The van der Waals surface area contributed by atoms with Crippen molar-refractivity contribution in [2.75, 3.05) is 0 Å². The van der Waals surface area contributed by atoms with Crippen molar-refractivity contribution in [2.45, 2.75) is 39.2 Å². The van der Waals surface area contributed by atoms with Gasteiger partial charge in [0.2, 0.25) is 0 Å². The first kappa shape index (κ1) is 8.31. The van der Waals surface area contributed by atoms with E-state index in [2.05, 4.69) is 19.9 Å². The Balaban J connectivity index is 2.00. The normalized spacial score (nSPS) is 41.6. The number of rotatable bonds is 2. The Morgan fingerprint density at radius 2 is 2.42 bits per heavy atom. The highest BCUT2D eigenvalue weighted by molar-refractivity contribution is 5.19. The van der Waals surface area contributed by atoms with Crippen molar-refractivity contribution in [3.8, 4) is 0 Å². The molecule has 4 atom stereocenters. The predicted octanol–water partition coefficient (Wildman–Crippen LogP) is 2.33. The Labute approximate surface area is 75.0 Å². The molecule has 12 heavy (non-hydrogen) atoms. The van der Waals surface area contributed by atoms with Gasteiger partial charge in [-0.25, -0.2) is 0 Å². The van der Waals surface area contributed by atoms with E-state index in [1.54, 1.807) is 5.57 Å². The number of allylic oxidation sites excluding steroid dienone is 2. The summed E-state index contributed by atoms with van der Waals surface area (Å²) in [6, 6.07) is 0.402. The molecule has 0 amide bonds. The van der Waals surface area contributed by atoms with Crippen molar-refractivity contribution < 1.29 is 0 Å². The summed E-state index contributed by atoms with van der Waals surface area (Å²) in [4.78, 5) is 0. The molecule has 2 aliphatic rings. The van der Waals surface area contributed by atoms with Crippen LogP contribution in [-0.2, 0) is 0 Å². The molecule has 0 aromatic carbocycles. The summed E-state index contributed by atoms with van der Waals surface area (Å²) in [5.41, 5.74) is 7.59. The molecule has 0 aromatic heterocycles. The number of fused-ring (bicyclic) bond motifs is 1. The third kappa shape index (κ3) is 1.11. The van der Waals surface area contributed by atoms with Gasteiger partial charge in [-0.2, -0.15) is 0 Å². The number of nitrogens with two attached hydrogens (primary N) is 1. The van der Waals surface area contributed by atoms with E-state index < -0.39 is 0 Å². The molecule has 0 saturated heterocycles.